The van der Waals surface area contributed by atoms with Gasteiger partial charge in [0.15, 0.2) is 0 Å². The van der Waals surface area contributed by atoms with E-state index in [2.05, 4.69) is 39.5 Å². The van der Waals surface area contributed by atoms with Gasteiger partial charge >= 0.3 is 6.09 Å². The summed E-state index contributed by atoms with van der Waals surface area (Å²) < 4.78 is 5.28. The van der Waals surface area contributed by atoms with Gasteiger partial charge in [-0.05, 0) is 51.9 Å². The van der Waals surface area contributed by atoms with E-state index in [9.17, 15) is 4.79 Å². The van der Waals surface area contributed by atoms with Crippen LogP contribution in [0.25, 0.3) is 0 Å². The maximum atomic E-state index is 11.8. The summed E-state index contributed by atoms with van der Waals surface area (Å²) in [6, 6.07) is 0.332. The van der Waals surface area contributed by atoms with Crippen LogP contribution < -0.4 is 10.9 Å². The molecule has 23 heavy (non-hydrogen) atoms. The number of carbonyl (C=O) groups is 1. The Balaban J connectivity index is 2.50. The lowest BCUT2D eigenvalue weighted by Crippen LogP contribution is -2.46. The van der Waals surface area contributed by atoms with E-state index >= 15 is 0 Å². The van der Waals surface area contributed by atoms with Crippen molar-refractivity contribution < 1.29 is 9.53 Å². The second-order valence-corrected chi connectivity index (χ2v) is 9.05. The molecule has 0 spiro atoms. The molecule has 2 N–H and O–H groups in total. The van der Waals surface area contributed by atoms with Crippen LogP contribution in [-0.4, -0.2) is 25.6 Å². The van der Waals surface area contributed by atoms with Gasteiger partial charge in [0.1, 0.15) is 13.4 Å². The first-order chi connectivity index (χ1) is 10.5. The Morgan fingerprint density at radius 1 is 1.17 bits per heavy atom. The van der Waals surface area contributed by atoms with Gasteiger partial charge in [-0.3, -0.25) is 5.43 Å². The van der Waals surface area contributed by atoms with Gasteiger partial charge in [-0.15, -0.1) is 0 Å². The van der Waals surface area contributed by atoms with Gasteiger partial charge < -0.3 is 4.74 Å². The smallest absolute Gasteiger partial charge is 0.422 e. The van der Waals surface area contributed by atoms with E-state index in [-0.39, 0.29) is 0 Å². The zero-order chi connectivity index (χ0) is 17.7. The number of amides is 1. The Morgan fingerprint density at radius 3 is 2.43 bits per heavy atom. The highest BCUT2D eigenvalue weighted by Gasteiger charge is 2.30. The second-order valence-electron chi connectivity index (χ2n) is 9.05. The predicted octanol–water partition coefficient (Wildman–Crippen LogP) is 3.82. The van der Waals surface area contributed by atoms with Crippen LogP contribution in [-0.2, 0) is 4.74 Å². The predicted molar refractivity (Wildman–Crippen MR) is 99.2 cm³/mol. The van der Waals surface area contributed by atoms with Gasteiger partial charge in [0.25, 0.3) is 0 Å². The molecule has 0 radical (unpaired) electrons. The van der Waals surface area contributed by atoms with Gasteiger partial charge in [-0.25, -0.2) is 10.2 Å². The average molecular weight is 324 g/mol. The van der Waals surface area contributed by atoms with Crippen LogP contribution in [0.2, 0.25) is 5.31 Å². The van der Waals surface area contributed by atoms with E-state index in [4.69, 9.17) is 4.74 Å². The first-order valence-corrected chi connectivity index (χ1v) is 9.26. The fourth-order valence-electron chi connectivity index (χ4n) is 3.44. The van der Waals surface area contributed by atoms with Gasteiger partial charge in [0, 0.05) is 6.04 Å². The molecule has 4 atom stereocenters. The van der Waals surface area contributed by atoms with E-state index < -0.39 is 11.7 Å². The molecule has 0 aromatic rings. The Morgan fingerprint density at radius 2 is 1.83 bits per heavy atom. The highest BCUT2D eigenvalue weighted by Crippen LogP contribution is 2.43. The molecule has 4 nitrogen and oxygen atoms in total. The summed E-state index contributed by atoms with van der Waals surface area (Å²) in [5, 5.41) is 0.425. The maximum Gasteiger partial charge on any atom is 0.422 e. The molecule has 1 saturated carbocycles. The van der Waals surface area contributed by atoms with Crippen LogP contribution in [0.15, 0.2) is 0 Å². The van der Waals surface area contributed by atoms with Crippen molar-refractivity contribution in [1.82, 2.24) is 10.9 Å². The van der Waals surface area contributed by atoms with E-state index in [1.807, 2.05) is 20.8 Å². The summed E-state index contributed by atoms with van der Waals surface area (Å²) >= 11 is 0. The van der Waals surface area contributed by atoms with Crippen molar-refractivity contribution in [2.24, 2.45) is 11.8 Å². The number of rotatable bonds is 2. The van der Waals surface area contributed by atoms with Crippen molar-refractivity contribution in [3.05, 3.63) is 0 Å². The summed E-state index contributed by atoms with van der Waals surface area (Å²) in [6.07, 6.45) is 6.75. The lowest BCUT2D eigenvalue weighted by atomic mass is 9.56. The van der Waals surface area contributed by atoms with Gasteiger partial charge in [-0.1, -0.05) is 45.3 Å². The minimum absolute atomic E-state index is 0.332. The third-order valence-electron chi connectivity index (χ3n) is 5.46. The average Bonchev–Trinajstić information content (AvgIpc) is 2.41. The molecule has 1 aliphatic carbocycles. The van der Waals surface area contributed by atoms with E-state index in [1.165, 1.54) is 25.7 Å². The third-order valence-corrected chi connectivity index (χ3v) is 5.46. The van der Waals surface area contributed by atoms with Crippen molar-refractivity contribution in [2.45, 2.75) is 97.0 Å². The minimum Gasteiger partial charge on any atom is -0.443 e. The largest absolute Gasteiger partial charge is 0.443 e. The van der Waals surface area contributed by atoms with Crippen molar-refractivity contribution in [1.29, 1.82) is 0 Å². The summed E-state index contributed by atoms with van der Waals surface area (Å²) in [6.45, 7) is 12.8. The number of hydrazine groups is 1. The molecule has 4 unspecified atom stereocenters. The molecule has 1 rings (SSSR count). The van der Waals surface area contributed by atoms with Crippen molar-refractivity contribution >= 4 is 13.9 Å². The van der Waals surface area contributed by atoms with Gasteiger partial charge in [0.2, 0.25) is 0 Å². The first kappa shape index (κ1) is 20.3. The molecule has 1 fully saturated rings. The topological polar surface area (TPSA) is 50.4 Å². The normalized spacial score (nSPS) is 33.7. The monoisotopic (exact) mass is 324 g/mol. The number of hydrogen-bond acceptors (Lipinski definition) is 3. The Hall–Kier alpha value is -0.705. The molecule has 0 bridgehead atoms. The van der Waals surface area contributed by atoms with Gasteiger partial charge in [0.05, 0.1) is 0 Å². The lowest BCUT2D eigenvalue weighted by Gasteiger charge is -2.38. The van der Waals surface area contributed by atoms with Crippen LogP contribution >= 0.6 is 0 Å². The fourth-order valence-corrected chi connectivity index (χ4v) is 3.44. The molecule has 0 heterocycles. The quantitative estimate of drug-likeness (QED) is 0.600. The molecule has 0 aliphatic heterocycles. The van der Waals surface area contributed by atoms with Gasteiger partial charge in [-0.2, -0.15) is 0 Å². The lowest BCUT2D eigenvalue weighted by molar-refractivity contribution is 0.0483. The standard InChI is InChI=1S/C18H37BN2O2/c1-13-10-11-15(20-21-16(22)23-17(3,4)5)9-7-8-12-18(6,19)14(13)2/h13-15,20H,7-12,19H2,1-6H3,(H,21,22). The molecule has 1 aliphatic rings. The highest BCUT2D eigenvalue weighted by molar-refractivity contribution is 6.15. The summed E-state index contributed by atoms with van der Waals surface area (Å²) in [5.41, 5.74) is 5.46. The maximum absolute atomic E-state index is 11.8. The molecule has 0 aromatic heterocycles. The van der Waals surface area contributed by atoms with Crippen LogP contribution in [0, 0.1) is 11.8 Å². The number of ether oxygens (including phenoxy) is 1. The molecule has 134 valence electrons. The summed E-state index contributed by atoms with van der Waals surface area (Å²) in [4.78, 5) is 11.8. The molecular formula is C18H37BN2O2. The van der Waals surface area contributed by atoms with Crippen LogP contribution in [0.5, 0.6) is 0 Å². The van der Waals surface area contributed by atoms with Crippen molar-refractivity contribution in [2.75, 3.05) is 0 Å². The van der Waals surface area contributed by atoms with Crippen molar-refractivity contribution in [3.8, 4) is 0 Å². The molecule has 0 saturated heterocycles. The Labute approximate surface area is 143 Å². The Kier molecular flexibility index (Phi) is 7.44. The zero-order valence-electron chi connectivity index (χ0n) is 16.3. The molecular weight excluding hydrogens is 287 g/mol. The SMILES string of the molecule is BC1(C)CCCCC(NNC(=O)OC(C)(C)C)CCC(C)C1C. The number of nitrogens with one attached hydrogen (secondary N) is 2. The van der Waals surface area contributed by atoms with Crippen LogP contribution in [0.3, 0.4) is 0 Å². The Bertz CT molecular complexity index is 380. The number of carbonyl (C=O) groups excluding carboxylic acids is 1. The van der Waals surface area contributed by atoms with E-state index in [1.54, 1.807) is 0 Å². The third kappa shape index (κ3) is 7.60. The van der Waals surface area contributed by atoms with Crippen LogP contribution in [0.4, 0.5) is 4.79 Å². The highest BCUT2D eigenvalue weighted by atomic mass is 16.6. The summed E-state index contributed by atoms with van der Waals surface area (Å²) in [5.74, 6) is 1.42. The fraction of sp³-hybridized carbons (Fsp3) is 0.944. The van der Waals surface area contributed by atoms with E-state index in [0.29, 0.717) is 17.3 Å². The van der Waals surface area contributed by atoms with Crippen LogP contribution in [0.1, 0.15) is 80.1 Å². The van der Waals surface area contributed by atoms with E-state index in [0.717, 1.165) is 18.8 Å². The first-order valence-electron chi connectivity index (χ1n) is 9.26. The zero-order valence-corrected chi connectivity index (χ0v) is 16.3. The molecule has 5 heteroatoms. The molecule has 1 amide bonds. The second kappa shape index (κ2) is 8.41. The molecule has 0 aromatic carbocycles. The van der Waals surface area contributed by atoms with Crippen molar-refractivity contribution in [3.63, 3.8) is 0 Å². The summed E-state index contributed by atoms with van der Waals surface area (Å²) in [7, 11) is 2.41. The number of hydrogen-bond donors (Lipinski definition) is 2. The minimum atomic E-state index is -0.461.